The third-order valence-electron chi connectivity index (χ3n) is 3.97. The number of hydrogen-bond donors (Lipinski definition) is 2. The van der Waals surface area contributed by atoms with Crippen molar-refractivity contribution in [1.82, 2.24) is 9.62 Å². The Morgan fingerprint density at radius 2 is 1.83 bits per heavy atom. The van der Waals surface area contributed by atoms with Crippen molar-refractivity contribution in [1.29, 1.82) is 0 Å². The Hall–Kier alpha value is -2.23. The Labute approximate surface area is 179 Å². The summed E-state index contributed by atoms with van der Waals surface area (Å²) in [5.74, 6) is -0.800. The summed E-state index contributed by atoms with van der Waals surface area (Å²) in [6.45, 7) is 5.13. The molecule has 2 rings (SSSR count). The first-order valence-corrected chi connectivity index (χ1v) is 11.2. The molecule has 0 atom stereocenters. The van der Waals surface area contributed by atoms with Crippen molar-refractivity contribution in [3.05, 3.63) is 58.1 Å². The van der Waals surface area contributed by atoms with E-state index in [1.165, 1.54) is 36.2 Å². The SMILES string of the molecule is Cc1cc(Br)ccc1NC(=O)CN(C)C(=O)c1cccc(S(=O)(=O)NC(C)C)c1. The quantitative estimate of drug-likeness (QED) is 0.634. The van der Waals surface area contributed by atoms with E-state index in [1.807, 2.05) is 19.1 Å². The van der Waals surface area contributed by atoms with Crippen LogP contribution in [0.4, 0.5) is 5.69 Å². The smallest absolute Gasteiger partial charge is 0.254 e. The van der Waals surface area contributed by atoms with Gasteiger partial charge in [-0.2, -0.15) is 0 Å². The van der Waals surface area contributed by atoms with E-state index in [0.29, 0.717) is 5.69 Å². The molecule has 0 spiro atoms. The van der Waals surface area contributed by atoms with E-state index in [0.717, 1.165) is 10.0 Å². The van der Waals surface area contributed by atoms with Crippen LogP contribution in [0.2, 0.25) is 0 Å². The number of nitrogens with zero attached hydrogens (tertiary/aromatic N) is 1. The molecule has 29 heavy (non-hydrogen) atoms. The van der Waals surface area contributed by atoms with Crippen molar-refractivity contribution >= 4 is 43.5 Å². The van der Waals surface area contributed by atoms with Gasteiger partial charge in [0.05, 0.1) is 11.4 Å². The molecule has 156 valence electrons. The van der Waals surface area contributed by atoms with Gasteiger partial charge in [-0.3, -0.25) is 9.59 Å². The average Bonchev–Trinajstić information content (AvgIpc) is 2.62. The number of anilines is 1. The Balaban J connectivity index is 2.10. The number of carbonyl (C=O) groups excluding carboxylic acids is 2. The lowest BCUT2D eigenvalue weighted by Gasteiger charge is -2.18. The van der Waals surface area contributed by atoms with E-state index in [4.69, 9.17) is 0 Å². The number of halogens is 1. The number of aryl methyl sites for hydroxylation is 1. The highest BCUT2D eigenvalue weighted by Gasteiger charge is 2.20. The maximum absolute atomic E-state index is 12.7. The number of rotatable bonds is 7. The molecule has 9 heteroatoms. The van der Waals surface area contributed by atoms with Gasteiger partial charge in [0.2, 0.25) is 15.9 Å². The predicted octanol–water partition coefficient (Wildman–Crippen LogP) is 3.15. The van der Waals surface area contributed by atoms with Gasteiger partial charge >= 0.3 is 0 Å². The van der Waals surface area contributed by atoms with Crippen LogP contribution >= 0.6 is 15.9 Å². The average molecular weight is 482 g/mol. The summed E-state index contributed by atoms with van der Waals surface area (Å²) in [7, 11) is -2.23. The van der Waals surface area contributed by atoms with E-state index in [9.17, 15) is 18.0 Å². The molecule has 0 aliphatic rings. The fourth-order valence-corrected chi connectivity index (χ4v) is 4.41. The summed E-state index contributed by atoms with van der Waals surface area (Å²) in [4.78, 5) is 26.2. The van der Waals surface area contributed by atoms with Crippen molar-refractivity contribution < 1.29 is 18.0 Å². The van der Waals surface area contributed by atoms with E-state index >= 15 is 0 Å². The molecule has 0 unspecified atom stereocenters. The molecular formula is C20H24BrN3O4S. The van der Waals surface area contributed by atoms with E-state index in [2.05, 4.69) is 26.0 Å². The summed E-state index contributed by atoms with van der Waals surface area (Å²) in [6.07, 6.45) is 0. The Kier molecular flexibility index (Phi) is 7.56. The van der Waals surface area contributed by atoms with Gasteiger partial charge in [0.1, 0.15) is 0 Å². The molecule has 0 saturated carbocycles. The van der Waals surface area contributed by atoms with Crippen molar-refractivity contribution in [3.8, 4) is 0 Å². The number of nitrogens with one attached hydrogen (secondary N) is 2. The zero-order valence-electron chi connectivity index (χ0n) is 16.7. The summed E-state index contributed by atoms with van der Waals surface area (Å²) in [5, 5.41) is 2.77. The lowest BCUT2D eigenvalue weighted by atomic mass is 10.2. The molecule has 7 nitrogen and oxygen atoms in total. The summed E-state index contributed by atoms with van der Waals surface area (Å²) >= 11 is 3.37. The topological polar surface area (TPSA) is 95.6 Å². The van der Waals surface area contributed by atoms with E-state index in [-0.39, 0.29) is 29.0 Å². The molecule has 2 amide bonds. The summed E-state index contributed by atoms with van der Waals surface area (Å²) < 4.78 is 28.0. The molecule has 0 radical (unpaired) electrons. The van der Waals surface area contributed by atoms with Crippen LogP contribution in [0, 0.1) is 6.92 Å². The van der Waals surface area contributed by atoms with Crippen LogP contribution in [0.25, 0.3) is 0 Å². The van der Waals surface area contributed by atoms with E-state index < -0.39 is 15.9 Å². The third-order valence-corrected chi connectivity index (χ3v) is 6.12. The second kappa shape index (κ2) is 9.51. The summed E-state index contributed by atoms with van der Waals surface area (Å²) in [6, 6.07) is 10.9. The van der Waals surface area contributed by atoms with Crippen LogP contribution in [0.3, 0.4) is 0 Å². The Morgan fingerprint density at radius 1 is 1.14 bits per heavy atom. The first-order chi connectivity index (χ1) is 13.5. The number of hydrogen-bond acceptors (Lipinski definition) is 4. The van der Waals surface area contributed by atoms with Crippen molar-refractivity contribution in [3.63, 3.8) is 0 Å². The molecule has 2 N–H and O–H groups in total. The van der Waals surface area contributed by atoms with Gasteiger partial charge in [-0.25, -0.2) is 13.1 Å². The maximum atomic E-state index is 12.7. The summed E-state index contributed by atoms with van der Waals surface area (Å²) in [5.41, 5.74) is 1.73. The van der Waals surface area contributed by atoms with Crippen molar-refractivity contribution in [2.45, 2.75) is 31.7 Å². The molecule has 0 saturated heterocycles. The molecular weight excluding hydrogens is 458 g/mol. The number of amides is 2. The molecule has 0 aromatic heterocycles. The Bertz CT molecular complexity index is 1020. The molecule has 2 aromatic rings. The first-order valence-electron chi connectivity index (χ1n) is 8.93. The van der Waals surface area contributed by atoms with Crippen LogP contribution in [-0.2, 0) is 14.8 Å². The highest BCUT2D eigenvalue weighted by molar-refractivity contribution is 9.10. The van der Waals surface area contributed by atoms with Crippen LogP contribution in [0.15, 0.2) is 51.8 Å². The van der Waals surface area contributed by atoms with Crippen molar-refractivity contribution in [2.75, 3.05) is 18.9 Å². The van der Waals surface area contributed by atoms with E-state index in [1.54, 1.807) is 19.9 Å². The molecule has 0 aliphatic heterocycles. The standard InChI is InChI=1S/C20H24BrN3O4S/c1-13(2)23-29(27,28)17-7-5-6-15(11-17)20(26)24(4)12-19(25)22-18-9-8-16(21)10-14(18)3/h5-11,13,23H,12H2,1-4H3,(H,22,25). The predicted molar refractivity (Wildman–Crippen MR) is 116 cm³/mol. The lowest BCUT2D eigenvalue weighted by Crippen LogP contribution is -2.35. The second-order valence-electron chi connectivity index (χ2n) is 6.97. The zero-order chi connectivity index (χ0) is 21.8. The van der Waals surface area contributed by atoms with Gasteiger partial charge in [0.25, 0.3) is 5.91 Å². The number of likely N-dealkylation sites (N-methyl/N-ethyl adjacent to an activating group) is 1. The molecule has 2 aromatic carbocycles. The monoisotopic (exact) mass is 481 g/mol. The van der Waals surface area contributed by atoms with Gasteiger partial charge in [-0.1, -0.05) is 22.0 Å². The fourth-order valence-electron chi connectivity index (χ4n) is 2.64. The van der Waals surface area contributed by atoms with Crippen molar-refractivity contribution in [2.24, 2.45) is 0 Å². The van der Waals surface area contributed by atoms with Crippen LogP contribution < -0.4 is 10.0 Å². The third kappa shape index (κ3) is 6.38. The molecule has 0 bridgehead atoms. The van der Waals surface area contributed by atoms with Crippen LogP contribution in [0.5, 0.6) is 0 Å². The van der Waals surface area contributed by atoms with Gasteiger partial charge in [0.15, 0.2) is 0 Å². The van der Waals surface area contributed by atoms with Gasteiger partial charge < -0.3 is 10.2 Å². The Morgan fingerprint density at radius 3 is 2.45 bits per heavy atom. The second-order valence-corrected chi connectivity index (χ2v) is 9.60. The zero-order valence-corrected chi connectivity index (χ0v) is 19.1. The highest BCUT2D eigenvalue weighted by Crippen LogP contribution is 2.20. The van der Waals surface area contributed by atoms with Gasteiger partial charge in [-0.15, -0.1) is 0 Å². The molecule has 0 fully saturated rings. The largest absolute Gasteiger partial charge is 0.332 e. The number of benzene rings is 2. The maximum Gasteiger partial charge on any atom is 0.254 e. The van der Waals surface area contributed by atoms with Gasteiger partial charge in [-0.05, 0) is 62.7 Å². The molecule has 0 heterocycles. The van der Waals surface area contributed by atoms with Crippen LogP contribution in [-0.4, -0.2) is 44.8 Å². The highest BCUT2D eigenvalue weighted by atomic mass is 79.9. The minimum Gasteiger partial charge on any atom is -0.332 e. The number of carbonyl (C=O) groups is 2. The normalized spacial score (nSPS) is 11.4. The number of sulfonamides is 1. The minimum absolute atomic E-state index is 0.000360. The minimum atomic E-state index is -3.72. The van der Waals surface area contributed by atoms with Gasteiger partial charge in [0, 0.05) is 28.8 Å². The van der Waals surface area contributed by atoms with Crippen LogP contribution in [0.1, 0.15) is 29.8 Å². The molecule has 0 aliphatic carbocycles. The lowest BCUT2D eigenvalue weighted by molar-refractivity contribution is -0.116. The fraction of sp³-hybridized carbons (Fsp3) is 0.300. The first kappa shape index (κ1) is 23.1.